The molecule has 0 aliphatic rings. The highest BCUT2D eigenvalue weighted by Gasteiger charge is 2.18. The monoisotopic (exact) mass is 540 g/mol. The molecule has 0 amide bonds. The highest BCUT2D eigenvalue weighted by atomic mass is 79.9. The second-order valence-electron chi connectivity index (χ2n) is 7.67. The highest BCUT2D eigenvalue weighted by Crippen LogP contribution is 2.37. The van der Waals surface area contributed by atoms with E-state index in [1.807, 2.05) is 78.3 Å². The lowest BCUT2D eigenvalue weighted by molar-refractivity contribution is -0.139. The molecule has 0 atom stereocenters. The van der Waals surface area contributed by atoms with Gasteiger partial charge in [0.1, 0.15) is 11.5 Å². The minimum atomic E-state index is -1.05. The zero-order valence-corrected chi connectivity index (χ0v) is 20.9. The third-order valence-corrected chi connectivity index (χ3v) is 6.43. The van der Waals surface area contributed by atoms with E-state index in [-0.39, 0.29) is 0 Å². The van der Waals surface area contributed by atoms with E-state index in [2.05, 4.69) is 15.9 Å². The number of para-hydroxylation sites is 1. The lowest BCUT2D eigenvalue weighted by atomic mass is 10.1. The zero-order chi connectivity index (χ0) is 24.2. The number of aryl methyl sites for hydroxylation is 1. The molecule has 0 saturated heterocycles. The molecular formula is C26H22BrClN2O4. The van der Waals surface area contributed by atoms with Crippen molar-refractivity contribution in [2.75, 3.05) is 13.7 Å². The zero-order valence-electron chi connectivity index (χ0n) is 18.6. The number of hydrogen-bond acceptors (Lipinski definition) is 4. The van der Waals surface area contributed by atoms with E-state index in [1.54, 1.807) is 7.11 Å². The van der Waals surface area contributed by atoms with Crippen LogP contribution in [0.3, 0.4) is 0 Å². The summed E-state index contributed by atoms with van der Waals surface area (Å²) in [5.41, 5.74) is 5.06. The molecule has 0 unspecified atom stereocenters. The lowest BCUT2D eigenvalue weighted by Gasteiger charge is -2.12. The smallest absolute Gasteiger partial charge is 0.341 e. The van der Waals surface area contributed by atoms with Crippen LogP contribution in [0.2, 0.25) is 5.02 Å². The first-order valence-electron chi connectivity index (χ1n) is 10.5. The van der Waals surface area contributed by atoms with Gasteiger partial charge in [-0.15, -0.1) is 0 Å². The van der Waals surface area contributed by atoms with Crippen molar-refractivity contribution in [1.82, 2.24) is 9.78 Å². The molecule has 1 heterocycles. The Morgan fingerprint density at radius 1 is 1.09 bits per heavy atom. The molecule has 0 aliphatic carbocycles. The van der Waals surface area contributed by atoms with Crippen molar-refractivity contribution in [2.24, 2.45) is 0 Å². The van der Waals surface area contributed by atoms with Gasteiger partial charge in [0.15, 0.2) is 6.61 Å². The van der Waals surface area contributed by atoms with Crippen molar-refractivity contribution < 1.29 is 19.4 Å². The SMILES string of the molecule is COc1ccccc1Cn1nc(-c2cc(Br)c(C)cc2OCC(=O)O)cc1-c1ccc(Cl)cc1. The molecule has 34 heavy (non-hydrogen) atoms. The maximum Gasteiger partial charge on any atom is 0.341 e. The molecule has 0 fully saturated rings. The van der Waals surface area contributed by atoms with Gasteiger partial charge in [-0.3, -0.25) is 4.68 Å². The topological polar surface area (TPSA) is 73.6 Å². The van der Waals surface area contributed by atoms with Gasteiger partial charge in [-0.1, -0.05) is 57.9 Å². The molecule has 0 bridgehead atoms. The molecule has 4 aromatic rings. The first-order valence-corrected chi connectivity index (χ1v) is 11.6. The number of nitrogens with zero attached hydrogens (tertiary/aromatic N) is 2. The standard InChI is InChI=1S/C26H22BrClN2O4/c1-16-11-25(34-15-26(31)32)20(12-21(16)27)22-13-23(17-7-9-19(28)10-8-17)30(29-22)14-18-5-3-4-6-24(18)33-2/h3-13H,14-15H2,1-2H3,(H,31,32). The summed E-state index contributed by atoms with van der Waals surface area (Å²) in [5, 5.41) is 14.6. The number of halogens is 2. The fourth-order valence-electron chi connectivity index (χ4n) is 3.63. The molecule has 0 radical (unpaired) electrons. The van der Waals surface area contributed by atoms with E-state index in [0.717, 1.165) is 32.6 Å². The van der Waals surface area contributed by atoms with E-state index in [1.165, 1.54) is 0 Å². The molecule has 0 spiro atoms. The number of aromatic nitrogens is 2. The lowest BCUT2D eigenvalue weighted by Crippen LogP contribution is -2.10. The average Bonchev–Trinajstić information content (AvgIpc) is 3.23. The predicted octanol–water partition coefficient (Wildman–Crippen LogP) is 6.46. The number of carboxylic acids is 1. The number of carbonyl (C=O) groups is 1. The molecule has 1 N–H and O–H groups in total. The molecule has 3 aromatic carbocycles. The van der Waals surface area contributed by atoms with Crippen LogP contribution in [-0.2, 0) is 11.3 Å². The first kappa shape index (κ1) is 23.9. The van der Waals surface area contributed by atoms with Crippen molar-refractivity contribution in [3.05, 3.63) is 87.4 Å². The van der Waals surface area contributed by atoms with Crippen molar-refractivity contribution in [1.29, 1.82) is 0 Å². The molecule has 8 heteroatoms. The minimum absolute atomic E-state index is 0.444. The number of hydrogen-bond donors (Lipinski definition) is 1. The molecular weight excluding hydrogens is 520 g/mol. The maximum atomic E-state index is 11.1. The van der Waals surface area contributed by atoms with E-state index in [0.29, 0.717) is 28.6 Å². The summed E-state index contributed by atoms with van der Waals surface area (Å²) in [6.07, 6.45) is 0. The third kappa shape index (κ3) is 5.26. The summed E-state index contributed by atoms with van der Waals surface area (Å²) in [5.74, 6) is 0.174. The van der Waals surface area contributed by atoms with Gasteiger partial charge in [0, 0.05) is 20.6 Å². The van der Waals surface area contributed by atoms with Crippen LogP contribution in [0.1, 0.15) is 11.1 Å². The molecule has 0 saturated carbocycles. The quantitative estimate of drug-likeness (QED) is 0.277. The fraction of sp³-hybridized carbons (Fsp3) is 0.154. The van der Waals surface area contributed by atoms with Gasteiger partial charge in [-0.05, 0) is 54.4 Å². The molecule has 6 nitrogen and oxygen atoms in total. The Morgan fingerprint density at radius 3 is 2.53 bits per heavy atom. The van der Waals surface area contributed by atoms with Gasteiger partial charge in [0.2, 0.25) is 0 Å². The van der Waals surface area contributed by atoms with Crippen molar-refractivity contribution >= 4 is 33.5 Å². The summed E-state index contributed by atoms with van der Waals surface area (Å²) in [6, 6.07) is 21.0. The Kier molecular flexibility index (Phi) is 7.24. The van der Waals surface area contributed by atoms with E-state index in [4.69, 9.17) is 31.3 Å². The van der Waals surface area contributed by atoms with Crippen LogP contribution in [0.15, 0.2) is 71.2 Å². The van der Waals surface area contributed by atoms with Crippen molar-refractivity contribution in [3.8, 4) is 34.0 Å². The van der Waals surface area contributed by atoms with Crippen LogP contribution >= 0.6 is 27.5 Å². The summed E-state index contributed by atoms with van der Waals surface area (Å²) in [7, 11) is 1.64. The Labute approximate surface area is 210 Å². The van der Waals surface area contributed by atoms with Crippen LogP contribution in [0.4, 0.5) is 0 Å². The number of rotatable bonds is 8. The maximum absolute atomic E-state index is 11.1. The van der Waals surface area contributed by atoms with Crippen molar-refractivity contribution in [3.63, 3.8) is 0 Å². The summed E-state index contributed by atoms with van der Waals surface area (Å²) in [4.78, 5) is 11.1. The third-order valence-electron chi connectivity index (χ3n) is 5.32. The molecule has 1 aromatic heterocycles. The van der Waals surface area contributed by atoms with E-state index >= 15 is 0 Å². The van der Waals surface area contributed by atoms with Crippen LogP contribution in [0.5, 0.6) is 11.5 Å². The average molecular weight is 542 g/mol. The number of aliphatic carboxylic acids is 1. The first-order chi connectivity index (χ1) is 16.4. The number of carboxylic acid groups (broad SMARTS) is 1. The number of methoxy groups -OCH3 is 1. The van der Waals surface area contributed by atoms with Crippen molar-refractivity contribution in [2.45, 2.75) is 13.5 Å². The Bertz CT molecular complexity index is 1340. The van der Waals surface area contributed by atoms with Gasteiger partial charge >= 0.3 is 5.97 Å². The van der Waals surface area contributed by atoms with Gasteiger partial charge in [-0.25, -0.2) is 4.79 Å². The highest BCUT2D eigenvalue weighted by molar-refractivity contribution is 9.10. The largest absolute Gasteiger partial charge is 0.496 e. The van der Waals surface area contributed by atoms with Gasteiger partial charge in [0.25, 0.3) is 0 Å². The van der Waals surface area contributed by atoms with Crippen LogP contribution in [0.25, 0.3) is 22.5 Å². The van der Waals surface area contributed by atoms with Crippen LogP contribution in [-0.4, -0.2) is 34.6 Å². The minimum Gasteiger partial charge on any atom is -0.496 e. The van der Waals surface area contributed by atoms with E-state index < -0.39 is 12.6 Å². The normalized spacial score (nSPS) is 10.8. The molecule has 174 valence electrons. The second kappa shape index (κ2) is 10.3. The van der Waals surface area contributed by atoms with Crippen LogP contribution in [0, 0.1) is 6.92 Å². The molecule has 4 rings (SSSR count). The summed E-state index contributed by atoms with van der Waals surface area (Å²) in [6.45, 7) is 1.95. The van der Waals surface area contributed by atoms with Gasteiger partial charge < -0.3 is 14.6 Å². The molecule has 0 aliphatic heterocycles. The Balaban J connectivity index is 1.85. The van der Waals surface area contributed by atoms with Gasteiger partial charge in [0.05, 0.1) is 25.0 Å². The summed E-state index contributed by atoms with van der Waals surface area (Å²) >= 11 is 9.68. The number of ether oxygens (including phenoxy) is 2. The Morgan fingerprint density at radius 2 is 1.82 bits per heavy atom. The predicted molar refractivity (Wildman–Crippen MR) is 136 cm³/mol. The van der Waals surface area contributed by atoms with Crippen LogP contribution < -0.4 is 9.47 Å². The fourth-order valence-corrected chi connectivity index (χ4v) is 4.10. The number of benzene rings is 3. The Hall–Kier alpha value is -3.29. The second-order valence-corrected chi connectivity index (χ2v) is 8.96. The van der Waals surface area contributed by atoms with Gasteiger partial charge in [-0.2, -0.15) is 5.10 Å². The summed E-state index contributed by atoms with van der Waals surface area (Å²) < 4.78 is 13.9. The van der Waals surface area contributed by atoms with E-state index in [9.17, 15) is 4.79 Å².